The molecule has 4 rings (SSSR count). The number of hydrogen-bond acceptors (Lipinski definition) is 10. The lowest BCUT2D eigenvalue weighted by Gasteiger charge is -2.18. The van der Waals surface area contributed by atoms with E-state index in [0.717, 1.165) is 11.4 Å². The Balaban J connectivity index is 1.46. The molecule has 11 nitrogen and oxygen atoms in total. The van der Waals surface area contributed by atoms with Gasteiger partial charge in [0.25, 0.3) is 0 Å². The zero-order valence-corrected chi connectivity index (χ0v) is 22.2. The molecule has 194 valence electrons. The molecule has 0 fully saturated rings. The molecule has 0 saturated carbocycles. The van der Waals surface area contributed by atoms with Gasteiger partial charge in [-0.3, -0.25) is 0 Å². The number of halogens is 1. The third-order valence-electron chi connectivity index (χ3n) is 5.72. The molecule has 37 heavy (non-hydrogen) atoms. The minimum atomic E-state index is -1.03. The number of rotatable bonds is 9. The number of nitrogens with zero attached hydrogens (tertiary/aromatic N) is 7. The van der Waals surface area contributed by atoms with Crippen LogP contribution in [0, 0.1) is 6.92 Å². The molecule has 0 spiro atoms. The van der Waals surface area contributed by atoms with Gasteiger partial charge in [0.1, 0.15) is 16.5 Å². The highest BCUT2D eigenvalue weighted by Gasteiger charge is 2.22. The summed E-state index contributed by atoms with van der Waals surface area (Å²) >= 11 is 6.16. The Kier molecular flexibility index (Phi) is 7.55. The number of anilines is 2. The van der Waals surface area contributed by atoms with Crippen molar-refractivity contribution in [3.63, 3.8) is 0 Å². The smallest absolute Gasteiger partial charge is 0.223 e. The summed E-state index contributed by atoms with van der Waals surface area (Å²) in [6, 6.07) is 3.37. The fraction of sp³-hybridized carbons (Fsp3) is 0.360. The number of ether oxygens (including phenoxy) is 1. The van der Waals surface area contributed by atoms with Gasteiger partial charge in [-0.25, -0.2) is 29.6 Å². The van der Waals surface area contributed by atoms with E-state index < -0.39 is 5.60 Å². The monoisotopic (exact) mass is 523 g/mol. The van der Waals surface area contributed by atoms with Gasteiger partial charge in [-0.05, 0) is 39.8 Å². The Labute approximate surface area is 220 Å². The molecule has 12 heteroatoms. The third-order valence-corrected chi connectivity index (χ3v) is 5.93. The van der Waals surface area contributed by atoms with E-state index in [9.17, 15) is 5.11 Å². The van der Waals surface area contributed by atoms with E-state index in [2.05, 4.69) is 35.3 Å². The first kappa shape index (κ1) is 26.2. The summed E-state index contributed by atoms with van der Waals surface area (Å²) in [6.07, 6.45) is 6.95. The lowest BCUT2D eigenvalue weighted by atomic mass is 10.0. The van der Waals surface area contributed by atoms with Crippen LogP contribution in [0.1, 0.15) is 38.4 Å². The highest BCUT2D eigenvalue weighted by Crippen LogP contribution is 2.32. The van der Waals surface area contributed by atoms with E-state index in [1.807, 2.05) is 20.9 Å². The number of aryl methyl sites for hydroxylation is 2. The SMILES string of the molecule is Cc1nn(C)c(O[C@@H](C)CCNc2cc(Cl)ncc2-c2ncc(C(C)(C)O)cn2)c1-c1nccc(N)n1. The minimum Gasteiger partial charge on any atom is -0.474 e. The van der Waals surface area contributed by atoms with E-state index in [4.69, 9.17) is 22.1 Å². The molecule has 4 aromatic rings. The molecule has 0 aromatic carbocycles. The number of aromatic nitrogens is 7. The molecule has 0 radical (unpaired) electrons. The number of nitrogen functional groups attached to an aromatic ring is 1. The first-order valence-electron chi connectivity index (χ1n) is 11.8. The van der Waals surface area contributed by atoms with Crippen molar-refractivity contribution in [2.24, 2.45) is 7.05 Å². The van der Waals surface area contributed by atoms with Crippen LogP contribution in [0.2, 0.25) is 5.15 Å². The van der Waals surface area contributed by atoms with Gasteiger partial charge in [-0.1, -0.05) is 11.6 Å². The van der Waals surface area contributed by atoms with Crippen molar-refractivity contribution in [2.45, 2.75) is 45.8 Å². The number of nitrogens with one attached hydrogen (secondary N) is 1. The highest BCUT2D eigenvalue weighted by molar-refractivity contribution is 6.29. The topological polar surface area (TPSA) is 150 Å². The van der Waals surface area contributed by atoms with Crippen LogP contribution >= 0.6 is 11.6 Å². The Bertz CT molecular complexity index is 1380. The van der Waals surface area contributed by atoms with Crippen molar-refractivity contribution in [3.05, 3.63) is 53.3 Å². The molecule has 0 amide bonds. The van der Waals surface area contributed by atoms with Crippen LogP contribution < -0.4 is 15.8 Å². The Hall–Kier alpha value is -3.83. The predicted octanol–water partition coefficient (Wildman–Crippen LogP) is 3.77. The molecule has 0 unspecified atom stereocenters. The van der Waals surface area contributed by atoms with Gasteiger partial charge in [0.05, 0.1) is 23.0 Å². The average molecular weight is 524 g/mol. The zero-order chi connectivity index (χ0) is 26.7. The molecule has 4 N–H and O–H groups in total. The summed E-state index contributed by atoms with van der Waals surface area (Å²) in [6.45, 7) is 7.81. The van der Waals surface area contributed by atoms with Gasteiger partial charge >= 0.3 is 0 Å². The predicted molar refractivity (Wildman–Crippen MR) is 142 cm³/mol. The van der Waals surface area contributed by atoms with Crippen LogP contribution in [0.4, 0.5) is 11.5 Å². The van der Waals surface area contributed by atoms with Gasteiger partial charge in [-0.2, -0.15) is 5.10 Å². The Morgan fingerprint density at radius 3 is 2.57 bits per heavy atom. The van der Waals surface area contributed by atoms with Crippen molar-refractivity contribution in [2.75, 3.05) is 17.6 Å². The first-order valence-corrected chi connectivity index (χ1v) is 12.1. The third kappa shape index (κ3) is 6.12. The van der Waals surface area contributed by atoms with Gasteiger partial charge in [0.15, 0.2) is 11.6 Å². The molecule has 0 aliphatic rings. The normalized spacial score (nSPS) is 12.4. The van der Waals surface area contributed by atoms with Crippen LogP contribution in [0.5, 0.6) is 5.88 Å². The second-order valence-corrected chi connectivity index (χ2v) is 9.63. The summed E-state index contributed by atoms with van der Waals surface area (Å²) < 4.78 is 7.94. The van der Waals surface area contributed by atoms with Crippen molar-refractivity contribution in [1.82, 2.24) is 34.7 Å². The summed E-state index contributed by atoms with van der Waals surface area (Å²) in [5.74, 6) is 1.89. The largest absolute Gasteiger partial charge is 0.474 e. The van der Waals surface area contributed by atoms with Crippen molar-refractivity contribution in [3.8, 4) is 28.7 Å². The summed E-state index contributed by atoms with van der Waals surface area (Å²) in [7, 11) is 1.82. The number of pyridine rings is 1. The van der Waals surface area contributed by atoms with Crippen LogP contribution in [-0.2, 0) is 12.6 Å². The van der Waals surface area contributed by atoms with Gasteiger partial charge < -0.3 is 20.9 Å². The minimum absolute atomic E-state index is 0.162. The van der Waals surface area contributed by atoms with Gasteiger partial charge in [0.2, 0.25) is 5.88 Å². The molecule has 0 aliphatic heterocycles. The van der Waals surface area contributed by atoms with Gasteiger partial charge in [0, 0.05) is 56.1 Å². The van der Waals surface area contributed by atoms with E-state index in [1.54, 1.807) is 55.4 Å². The zero-order valence-electron chi connectivity index (χ0n) is 21.4. The van der Waals surface area contributed by atoms with Gasteiger partial charge in [-0.15, -0.1) is 0 Å². The van der Waals surface area contributed by atoms with Crippen LogP contribution in [0.25, 0.3) is 22.8 Å². The summed E-state index contributed by atoms with van der Waals surface area (Å²) in [5.41, 5.74) is 8.35. The first-order chi connectivity index (χ1) is 17.5. The molecule has 0 bridgehead atoms. The van der Waals surface area contributed by atoms with E-state index in [-0.39, 0.29) is 6.10 Å². The van der Waals surface area contributed by atoms with Crippen molar-refractivity contribution >= 4 is 23.1 Å². The maximum Gasteiger partial charge on any atom is 0.223 e. The fourth-order valence-electron chi connectivity index (χ4n) is 3.72. The standard InChI is InChI=1S/C25H30ClN9O2/c1-14(37-24-21(15(2)34-35(24)5)23-29-9-7-20(27)33-23)6-8-28-18-10-19(26)30-13-17(18)22-31-11-16(12-32-22)25(3,4)36/h7,9-14,36H,6,8H2,1-5H3,(H,28,30)(H2,27,29,33)/t14-/m0/s1. The van der Waals surface area contributed by atoms with Crippen molar-refractivity contribution in [1.29, 1.82) is 0 Å². The number of nitrogens with two attached hydrogens (primary N) is 1. The second kappa shape index (κ2) is 10.7. The molecule has 0 aliphatic carbocycles. The van der Waals surface area contributed by atoms with Crippen LogP contribution in [-0.4, -0.2) is 52.5 Å². The maximum absolute atomic E-state index is 10.2. The Morgan fingerprint density at radius 2 is 1.89 bits per heavy atom. The molecule has 1 atom stereocenters. The van der Waals surface area contributed by atoms with Crippen molar-refractivity contribution < 1.29 is 9.84 Å². The van der Waals surface area contributed by atoms with E-state index >= 15 is 0 Å². The number of aliphatic hydroxyl groups is 1. The number of hydrogen-bond donors (Lipinski definition) is 3. The lowest BCUT2D eigenvalue weighted by molar-refractivity contribution is 0.0778. The lowest BCUT2D eigenvalue weighted by Crippen LogP contribution is -2.19. The molecular formula is C25H30ClN9O2. The average Bonchev–Trinajstić information content (AvgIpc) is 3.11. The maximum atomic E-state index is 10.2. The Morgan fingerprint density at radius 1 is 1.16 bits per heavy atom. The molecular weight excluding hydrogens is 494 g/mol. The summed E-state index contributed by atoms with van der Waals surface area (Å²) in [5, 5.41) is 18.4. The molecule has 4 aromatic heterocycles. The molecule has 4 heterocycles. The van der Waals surface area contributed by atoms with Crippen LogP contribution in [0.3, 0.4) is 0 Å². The fourth-order valence-corrected chi connectivity index (χ4v) is 3.88. The highest BCUT2D eigenvalue weighted by atomic mass is 35.5. The second-order valence-electron chi connectivity index (χ2n) is 9.25. The van der Waals surface area contributed by atoms with E-state index in [0.29, 0.717) is 58.2 Å². The summed E-state index contributed by atoms with van der Waals surface area (Å²) in [4.78, 5) is 21.7. The quantitative estimate of drug-likeness (QED) is 0.276. The van der Waals surface area contributed by atoms with Crippen LogP contribution in [0.15, 0.2) is 36.9 Å². The molecule has 0 saturated heterocycles. The van der Waals surface area contributed by atoms with E-state index in [1.165, 1.54) is 0 Å².